The van der Waals surface area contributed by atoms with Crippen LogP contribution < -0.4 is 25.4 Å². The highest BCUT2D eigenvalue weighted by molar-refractivity contribution is 7.92. The van der Waals surface area contributed by atoms with Gasteiger partial charge in [-0.1, -0.05) is 0 Å². The van der Waals surface area contributed by atoms with Crippen molar-refractivity contribution < 1.29 is 17.9 Å². The number of methoxy groups -OCH3 is 1. The zero-order chi connectivity index (χ0) is 20.3. The third-order valence-corrected chi connectivity index (χ3v) is 5.70. The fourth-order valence-corrected chi connectivity index (χ4v) is 4.14. The number of sulfonamides is 1. The van der Waals surface area contributed by atoms with Crippen molar-refractivity contribution in [2.75, 3.05) is 34.0 Å². The van der Waals surface area contributed by atoms with Gasteiger partial charge in [-0.2, -0.15) is 0 Å². The summed E-state index contributed by atoms with van der Waals surface area (Å²) in [5, 5.41) is 9.72. The maximum absolute atomic E-state index is 12.2. The molecule has 0 bridgehead atoms. The van der Waals surface area contributed by atoms with Gasteiger partial charge in [0.15, 0.2) is 0 Å². The first kappa shape index (κ1) is 18.4. The van der Waals surface area contributed by atoms with E-state index in [9.17, 15) is 13.2 Å². The van der Waals surface area contributed by atoms with Crippen molar-refractivity contribution in [3.63, 3.8) is 0 Å². The Morgan fingerprint density at radius 1 is 1.07 bits per heavy atom. The van der Waals surface area contributed by atoms with Gasteiger partial charge in [0.1, 0.15) is 11.9 Å². The van der Waals surface area contributed by atoms with Crippen molar-refractivity contribution >= 4 is 38.7 Å². The number of ether oxygens (including phenoxy) is 1. The van der Waals surface area contributed by atoms with Crippen molar-refractivity contribution in [3.8, 4) is 5.75 Å². The number of hydrogen-bond donors (Lipinski definition) is 4. The Morgan fingerprint density at radius 3 is 2.39 bits per heavy atom. The van der Waals surface area contributed by atoms with Crippen LogP contribution in [0.5, 0.6) is 5.75 Å². The Labute approximate surface area is 163 Å². The molecule has 2 heterocycles. The van der Waals surface area contributed by atoms with E-state index < -0.39 is 15.4 Å². The topological polar surface area (TPSA) is 109 Å². The van der Waals surface area contributed by atoms with Crippen LogP contribution in [0.4, 0.5) is 22.7 Å². The van der Waals surface area contributed by atoms with Crippen LogP contribution in [0.2, 0.25) is 0 Å². The van der Waals surface area contributed by atoms with Crippen LogP contribution in [0.3, 0.4) is 0 Å². The molecule has 0 saturated carbocycles. The quantitative estimate of drug-likeness (QED) is 0.626. The van der Waals surface area contributed by atoms with E-state index in [0.717, 1.165) is 34.4 Å². The summed E-state index contributed by atoms with van der Waals surface area (Å²) in [6, 6.07) is 9.06. The average molecular weight is 402 g/mol. The molecule has 2 aromatic rings. The first-order valence-corrected chi connectivity index (χ1v) is 10.7. The molecular formula is C19H22N4O4S. The number of amides is 1. The number of hydrogen-bond acceptors (Lipinski definition) is 6. The second kappa shape index (κ2) is 6.03. The van der Waals surface area contributed by atoms with E-state index in [1.54, 1.807) is 12.1 Å². The number of fused-ring (bicyclic) bond motifs is 2. The molecule has 0 aromatic heterocycles. The summed E-state index contributed by atoms with van der Waals surface area (Å²) in [4.78, 5) is 12.2. The van der Waals surface area contributed by atoms with Crippen LogP contribution in [-0.2, 0) is 20.2 Å². The Morgan fingerprint density at radius 2 is 1.75 bits per heavy atom. The van der Waals surface area contributed by atoms with Crippen LogP contribution in [0.15, 0.2) is 30.3 Å². The molecule has 2 aliphatic heterocycles. The van der Waals surface area contributed by atoms with E-state index in [1.165, 1.54) is 7.11 Å². The van der Waals surface area contributed by atoms with Crippen molar-refractivity contribution in [2.45, 2.75) is 25.4 Å². The van der Waals surface area contributed by atoms with Crippen molar-refractivity contribution in [3.05, 3.63) is 41.5 Å². The van der Waals surface area contributed by atoms with Crippen LogP contribution >= 0.6 is 0 Å². The summed E-state index contributed by atoms with van der Waals surface area (Å²) in [6.45, 7) is 3.80. The van der Waals surface area contributed by atoms with Crippen LogP contribution in [0.1, 0.15) is 31.1 Å². The first-order chi connectivity index (χ1) is 13.1. The van der Waals surface area contributed by atoms with Gasteiger partial charge in [-0.05, 0) is 43.7 Å². The molecule has 0 aliphatic carbocycles. The van der Waals surface area contributed by atoms with Gasteiger partial charge < -0.3 is 20.7 Å². The molecular weight excluding hydrogens is 380 g/mol. The van der Waals surface area contributed by atoms with Crippen molar-refractivity contribution in [1.82, 2.24) is 0 Å². The number of anilines is 4. The van der Waals surface area contributed by atoms with Crippen LogP contribution in [0, 0.1) is 0 Å². The summed E-state index contributed by atoms with van der Waals surface area (Å²) in [7, 11) is -1.83. The SMILES string of the molecule is COc1cc(NS(C)(=O)=O)ccc1C1Nc2cc3c(cc2N1)C(C)(C)C(=O)N3. The van der Waals surface area contributed by atoms with E-state index in [4.69, 9.17) is 4.74 Å². The van der Waals surface area contributed by atoms with Gasteiger partial charge in [-0.3, -0.25) is 9.52 Å². The van der Waals surface area contributed by atoms with Gasteiger partial charge in [-0.25, -0.2) is 8.42 Å². The minimum absolute atomic E-state index is 0.0154. The Balaban J connectivity index is 1.64. The smallest absolute Gasteiger partial charge is 0.234 e. The second-order valence-electron chi connectivity index (χ2n) is 7.58. The molecule has 0 fully saturated rings. The standard InChI is InChI=1S/C19H22N4O4S/c1-19(2)12-8-14-15(9-13(12)22-18(19)24)21-17(20-14)11-6-5-10(7-16(11)27-3)23-28(4,25)26/h5-9,17,20-21,23H,1-4H3,(H,22,24). The highest BCUT2D eigenvalue weighted by atomic mass is 32.2. The van der Waals surface area contributed by atoms with E-state index in [-0.39, 0.29) is 12.1 Å². The van der Waals surface area contributed by atoms with Crippen LogP contribution in [0.25, 0.3) is 0 Å². The van der Waals surface area contributed by atoms with Crippen molar-refractivity contribution in [2.24, 2.45) is 0 Å². The number of nitrogens with one attached hydrogen (secondary N) is 4. The normalized spacial score (nSPS) is 19.1. The molecule has 2 aliphatic rings. The van der Waals surface area contributed by atoms with Crippen molar-refractivity contribution in [1.29, 1.82) is 0 Å². The summed E-state index contributed by atoms with van der Waals surface area (Å²) in [5.74, 6) is 0.533. The lowest BCUT2D eigenvalue weighted by atomic mass is 9.86. The zero-order valence-electron chi connectivity index (χ0n) is 16.0. The van der Waals surface area contributed by atoms with Gasteiger partial charge in [0, 0.05) is 17.3 Å². The third kappa shape index (κ3) is 3.01. The van der Waals surface area contributed by atoms with Gasteiger partial charge in [-0.15, -0.1) is 0 Å². The second-order valence-corrected chi connectivity index (χ2v) is 9.32. The van der Waals surface area contributed by atoms with Gasteiger partial charge in [0.2, 0.25) is 15.9 Å². The minimum atomic E-state index is -3.37. The molecule has 0 radical (unpaired) electrons. The van der Waals surface area contributed by atoms with Gasteiger partial charge in [0.25, 0.3) is 0 Å². The van der Waals surface area contributed by atoms with E-state index in [0.29, 0.717) is 11.4 Å². The Hall–Kier alpha value is -2.94. The monoisotopic (exact) mass is 402 g/mol. The predicted molar refractivity (Wildman–Crippen MR) is 110 cm³/mol. The highest BCUT2D eigenvalue weighted by Crippen LogP contribution is 2.46. The zero-order valence-corrected chi connectivity index (χ0v) is 16.8. The lowest BCUT2D eigenvalue weighted by Crippen LogP contribution is -2.26. The van der Waals surface area contributed by atoms with Gasteiger partial charge in [0.05, 0.1) is 35.8 Å². The largest absolute Gasteiger partial charge is 0.496 e. The van der Waals surface area contributed by atoms with Gasteiger partial charge >= 0.3 is 0 Å². The molecule has 8 nitrogen and oxygen atoms in total. The molecule has 1 atom stereocenters. The molecule has 0 saturated heterocycles. The number of benzene rings is 2. The summed E-state index contributed by atoms with van der Waals surface area (Å²) < 4.78 is 30.8. The fraction of sp³-hybridized carbons (Fsp3) is 0.316. The summed E-state index contributed by atoms with van der Waals surface area (Å²) in [5.41, 5.74) is 4.22. The third-order valence-electron chi connectivity index (χ3n) is 5.09. The first-order valence-electron chi connectivity index (χ1n) is 8.77. The molecule has 1 amide bonds. The van der Waals surface area contributed by atoms with E-state index in [2.05, 4.69) is 20.7 Å². The van der Waals surface area contributed by atoms with E-state index >= 15 is 0 Å². The molecule has 148 valence electrons. The predicted octanol–water partition coefficient (Wildman–Crippen LogP) is 2.83. The minimum Gasteiger partial charge on any atom is -0.496 e. The average Bonchev–Trinajstić information content (AvgIpc) is 3.10. The number of carbonyl (C=O) groups excluding carboxylic acids is 1. The summed E-state index contributed by atoms with van der Waals surface area (Å²) >= 11 is 0. The summed E-state index contributed by atoms with van der Waals surface area (Å²) in [6.07, 6.45) is 0.849. The number of carbonyl (C=O) groups is 1. The fourth-order valence-electron chi connectivity index (χ4n) is 3.59. The molecule has 28 heavy (non-hydrogen) atoms. The molecule has 4 rings (SSSR count). The van der Waals surface area contributed by atoms with E-state index in [1.807, 2.05) is 32.0 Å². The Kier molecular flexibility index (Phi) is 3.97. The Bertz CT molecular complexity index is 1100. The maximum atomic E-state index is 12.2. The molecule has 4 N–H and O–H groups in total. The molecule has 2 aromatic carbocycles. The number of rotatable bonds is 4. The molecule has 9 heteroatoms. The highest BCUT2D eigenvalue weighted by Gasteiger charge is 2.40. The molecule has 1 unspecified atom stereocenters. The lowest BCUT2D eigenvalue weighted by molar-refractivity contribution is -0.119. The van der Waals surface area contributed by atoms with Crippen LogP contribution in [-0.4, -0.2) is 27.7 Å². The molecule has 0 spiro atoms. The lowest BCUT2D eigenvalue weighted by Gasteiger charge is -2.18. The maximum Gasteiger partial charge on any atom is 0.234 e.